The van der Waals surface area contributed by atoms with Gasteiger partial charge in [0, 0.05) is 64.7 Å². The first-order valence-electron chi connectivity index (χ1n) is 12.6. The summed E-state index contributed by atoms with van der Waals surface area (Å²) in [6, 6.07) is 13.6. The van der Waals surface area contributed by atoms with Crippen LogP contribution in [0.3, 0.4) is 0 Å². The molecule has 0 spiro atoms. The molecular formula is C29H20ClN7O4S. The van der Waals surface area contributed by atoms with Crippen molar-refractivity contribution < 1.29 is 14.1 Å². The molecule has 0 bridgehead atoms. The number of pyridine rings is 3. The predicted octanol–water partition coefficient (Wildman–Crippen LogP) is 5.06. The van der Waals surface area contributed by atoms with Crippen molar-refractivity contribution in [1.82, 2.24) is 29.5 Å². The Morgan fingerprint density at radius 3 is 2.40 bits per heavy atom. The highest BCUT2D eigenvalue weighted by atomic mass is 35.5. The highest BCUT2D eigenvalue weighted by Gasteiger charge is 2.22. The minimum absolute atomic E-state index is 0.169. The number of carbonyl (C=O) groups excluding carboxylic acids is 2. The number of thiophene rings is 1. The van der Waals surface area contributed by atoms with E-state index in [0.717, 1.165) is 10.4 Å². The van der Waals surface area contributed by atoms with Crippen molar-refractivity contribution in [2.75, 3.05) is 5.32 Å². The average molecular weight is 598 g/mol. The molecule has 0 amide bonds. The number of carbonyl (C=O) groups is 2. The summed E-state index contributed by atoms with van der Waals surface area (Å²) in [6.45, 7) is 0.215. The lowest BCUT2D eigenvalue weighted by Gasteiger charge is -2.12. The summed E-state index contributed by atoms with van der Waals surface area (Å²) >= 11 is 7.50. The van der Waals surface area contributed by atoms with E-state index in [1.54, 1.807) is 55.0 Å². The van der Waals surface area contributed by atoms with Crippen molar-refractivity contribution in [3.05, 3.63) is 123 Å². The van der Waals surface area contributed by atoms with Gasteiger partial charge in [0.15, 0.2) is 5.78 Å². The first-order chi connectivity index (χ1) is 20.5. The van der Waals surface area contributed by atoms with Gasteiger partial charge in [0.2, 0.25) is 0 Å². The van der Waals surface area contributed by atoms with Crippen molar-refractivity contribution in [2.45, 2.75) is 13.1 Å². The number of hydrogen-bond acceptors (Lipinski definition) is 10. The van der Waals surface area contributed by atoms with Crippen LogP contribution in [-0.2, 0) is 13.1 Å². The van der Waals surface area contributed by atoms with Crippen LogP contribution < -0.4 is 10.9 Å². The molecular weight excluding hydrogens is 578 g/mol. The number of nitrogens with one attached hydrogen (secondary N) is 1. The number of nitrogens with zero attached hydrogens (tertiary/aromatic N) is 6. The number of hydrogen-bond donors (Lipinski definition) is 1. The monoisotopic (exact) mass is 597 g/mol. The van der Waals surface area contributed by atoms with Crippen molar-refractivity contribution in [1.29, 1.82) is 0 Å². The molecule has 0 aromatic carbocycles. The predicted molar refractivity (Wildman–Crippen MR) is 157 cm³/mol. The molecule has 6 rings (SSSR count). The van der Waals surface area contributed by atoms with Gasteiger partial charge in [0.1, 0.15) is 17.6 Å². The van der Waals surface area contributed by atoms with Gasteiger partial charge in [-0.3, -0.25) is 24.4 Å². The summed E-state index contributed by atoms with van der Waals surface area (Å²) in [4.78, 5) is 48.6. The highest BCUT2D eigenvalue weighted by Crippen LogP contribution is 2.32. The summed E-state index contributed by atoms with van der Waals surface area (Å²) in [7, 11) is 0. The Morgan fingerprint density at radius 2 is 1.71 bits per heavy atom. The molecule has 6 heterocycles. The lowest BCUT2D eigenvalue weighted by molar-refractivity contribution is 0.0944. The molecule has 42 heavy (non-hydrogen) atoms. The number of halogens is 1. The third kappa shape index (κ3) is 5.66. The molecule has 0 saturated carbocycles. The van der Waals surface area contributed by atoms with Gasteiger partial charge in [-0.05, 0) is 42.0 Å². The van der Waals surface area contributed by atoms with Gasteiger partial charge in [-0.25, -0.2) is 0 Å². The summed E-state index contributed by atoms with van der Waals surface area (Å²) in [6.07, 6.45) is 10.5. The zero-order valence-electron chi connectivity index (χ0n) is 21.7. The number of Topliss-reactive ketones (excluding diaryl/α,β-unsaturated/α-hetero) is 1. The maximum Gasteiger partial charge on any atom is 0.285 e. The number of anilines is 1. The smallest absolute Gasteiger partial charge is 0.285 e. The van der Waals surface area contributed by atoms with Crippen molar-refractivity contribution in [2.24, 2.45) is 0 Å². The Morgan fingerprint density at radius 1 is 0.952 bits per heavy atom. The lowest BCUT2D eigenvalue weighted by Crippen LogP contribution is -2.24. The summed E-state index contributed by atoms with van der Waals surface area (Å²) in [5, 5.41) is 11.5. The molecule has 0 radical (unpaired) electrons. The molecule has 6 aromatic heterocycles. The quantitative estimate of drug-likeness (QED) is 0.227. The van der Waals surface area contributed by atoms with Gasteiger partial charge in [0.05, 0.1) is 29.3 Å². The van der Waals surface area contributed by atoms with Crippen molar-refractivity contribution in [3.63, 3.8) is 0 Å². The van der Waals surface area contributed by atoms with Crippen LogP contribution in [0.1, 0.15) is 25.6 Å². The maximum atomic E-state index is 13.3. The Balaban J connectivity index is 1.43. The number of ketones is 1. The fourth-order valence-electron chi connectivity index (χ4n) is 4.30. The topological polar surface area (TPSA) is 138 Å². The van der Waals surface area contributed by atoms with Gasteiger partial charge in [-0.15, -0.1) is 11.3 Å². The standard InChI is InChI=1S/C29H20ClN7O4S/c30-26-2-1-21(42-26)14-33-27-12-24(35-37(27)29(40)20-13-34-41-17-20)22-11-28(39)36(15-23(22)18-3-7-31-8-4-18)16-25(38)19-5-9-32-10-6-19/h1-13,15,17,33H,14,16H2. The van der Waals surface area contributed by atoms with E-state index in [-0.39, 0.29) is 17.9 Å². The Bertz CT molecular complexity index is 1930. The third-order valence-corrected chi connectivity index (χ3v) is 7.59. The molecule has 11 nitrogen and oxygen atoms in total. The zero-order chi connectivity index (χ0) is 29.1. The second kappa shape index (κ2) is 11.7. The summed E-state index contributed by atoms with van der Waals surface area (Å²) < 4.78 is 8.06. The molecule has 6 aromatic rings. The summed E-state index contributed by atoms with van der Waals surface area (Å²) in [5.74, 6) is -0.328. The van der Waals surface area contributed by atoms with Crippen LogP contribution in [-0.4, -0.2) is 41.2 Å². The largest absolute Gasteiger partial charge is 0.365 e. The lowest BCUT2D eigenvalue weighted by atomic mass is 10.0. The fraction of sp³-hybridized carbons (Fsp3) is 0.0690. The maximum absolute atomic E-state index is 13.3. The number of rotatable bonds is 9. The number of aromatic nitrogens is 6. The van der Waals surface area contributed by atoms with Gasteiger partial charge in [-0.2, -0.15) is 9.78 Å². The highest BCUT2D eigenvalue weighted by molar-refractivity contribution is 7.16. The average Bonchev–Trinajstić information content (AvgIpc) is 3.79. The molecule has 0 aliphatic rings. The van der Waals surface area contributed by atoms with Crippen LogP contribution >= 0.6 is 22.9 Å². The molecule has 0 fully saturated rings. The fourth-order valence-corrected chi connectivity index (χ4v) is 5.33. The SMILES string of the molecule is O=C(Cn1cc(-c2ccncc2)c(-c2cc(NCc3ccc(Cl)s3)n(C(=O)c3cnoc3)n2)cc1=O)c1ccncc1. The Kier molecular flexibility index (Phi) is 7.54. The first-order valence-corrected chi connectivity index (χ1v) is 13.8. The van der Waals surface area contributed by atoms with Gasteiger partial charge < -0.3 is 14.4 Å². The van der Waals surface area contributed by atoms with Crippen LogP contribution in [0.25, 0.3) is 22.4 Å². The molecule has 13 heteroatoms. The molecule has 0 aliphatic heterocycles. The van der Waals surface area contributed by atoms with Gasteiger partial charge in [0.25, 0.3) is 11.5 Å². The van der Waals surface area contributed by atoms with E-state index in [2.05, 4.69) is 25.5 Å². The van der Waals surface area contributed by atoms with Crippen molar-refractivity contribution in [3.8, 4) is 22.4 Å². The molecule has 208 valence electrons. The van der Waals surface area contributed by atoms with E-state index < -0.39 is 11.5 Å². The van der Waals surface area contributed by atoms with Gasteiger partial charge in [-0.1, -0.05) is 16.8 Å². The van der Waals surface area contributed by atoms with Crippen LogP contribution in [0.4, 0.5) is 5.82 Å². The van der Waals surface area contributed by atoms with Crippen molar-refractivity contribution >= 4 is 40.4 Å². The van der Waals surface area contributed by atoms with E-state index in [9.17, 15) is 14.4 Å². The third-order valence-electron chi connectivity index (χ3n) is 6.36. The van der Waals surface area contributed by atoms with Crippen LogP contribution in [0, 0.1) is 0 Å². The van der Waals surface area contributed by atoms with Gasteiger partial charge >= 0.3 is 0 Å². The first kappa shape index (κ1) is 27.0. The minimum Gasteiger partial charge on any atom is -0.365 e. The molecule has 0 unspecified atom stereocenters. The van der Waals surface area contributed by atoms with E-state index in [4.69, 9.17) is 16.1 Å². The van der Waals surface area contributed by atoms with E-state index in [0.29, 0.717) is 39.1 Å². The van der Waals surface area contributed by atoms with E-state index >= 15 is 0 Å². The summed E-state index contributed by atoms with van der Waals surface area (Å²) in [5.41, 5.74) is 2.44. The Hall–Kier alpha value is -5.20. The van der Waals surface area contributed by atoms with Crippen LogP contribution in [0.15, 0.2) is 101 Å². The molecule has 1 N–H and O–H groups in total. The van der Waals surface area contributed by atoms with E-state index in [1.165, 1.54) is 51.5 Å². The second-order valence-electron chi connectivity index (χ2n) is 9.07. The molecule has 0 saturated heterocycles. The minimum atomic E-state index is -0.476. The normalized spacial score (nSPS) is 11.0. The Labute approximate surface area is 247 Å². The second-order valence-corrected chi connectivity index (χ2v) is 10.9. The van der Waals surface area contributed by atoms with Crippen LogP contribution in [0.5, 0.6) is 0 Å². The molecule has 0 aliphatic carbocycles. The van der Waals surface area contributed by atoms with E-state index in [1.807, 2.05) is 6.07 Å². The zero-order valence-corrected chi connectivity index (χ0v) is 23.2. The molecule has 0 atom stereocenters. The van der Waals surface area contributed by atoms with Crippen LogP contribution in [0.2, 0.25) is 4.34 Å².